The predicted molar refractivity (Wildman–Crippen MR) is 118 cm³/mol. The number of rotatable bonds is 5. The van der Waals surface area contributed by atoms with E-state index in [0.29, 0.717) is 55.0 Å². The average Bonchev–Trinajstić information content (AvgIpc) is 3.02. The van der Waals surface area contributed by atoms with E-state index in [4.69, 9.17) is 18.9 Å². The van der Waals surface area contributed by atoms with Gasteiger partial charge in [0.2, 0.25) is 5.91 Å². The number of carbonyl (C=O) groups is 2. The molecule has 0 atom stereocenters. The summed E-state index contributed by atoms with van der Waals surface area (Å²) in [6, 6.07) is 8.47. The van der Waals surface area contributed by atoms with Gasteiger partial charge < -0.3 is 24.3 Å². The highest BCUT2D eigenvalue weighted by atomic mass is 16.5. The largest absolute Gasteiger partial charge is 0.493 e. The Labute approximate surface area is 186 Å². The van der Waals surface area contributed by atoms with Gasteiger partial charge in [-0.05, 0) is 41.8 Å². The number of fused-ring (bicyclic) bond motifs is 2. The Bertz CT molecular complexity index is 1010. The maximum Gasteiger partial charge on any atom is 0.325 e. The summed E-state index contributed by atoms with van der Waals surface area (Å²) in [6.07, 6.45) is 1.58. The molecule has 2 aliphatic heterocycles. The molecular weight excluding hydrogens is 414 g/mol. The molecular formula is C23H27N3O6. The predicted octanol–water partition coefficient (Wildman–Crippen LogP) is 2.57. The summed E-state index contributed by atoms with van der Waals surface area (Å²) in [5, 5.41) is 5.05. The molecule has 0 spiro atoms. The fourth-order valence-electron chi connectivity index (χ4n) is 3.85. The summed E-state index contributed by atoms with van der Waals surface area (Å²) in [7, 11) is 3.21. The zero-order valence-corrected chi connectivity index (χ0v) is 18.2. The Morgan fingerprint density at radius 2 is 1.72 bits per heavy atom. The minimum atomic E-state index is -0.590. The monoisotopic (exact) mass is 441 g/mol. The molecule has 2 aromatic carbocycles. The number of ether oxygens (including phenoxy) is 4. The molecule has 2 aliphatic rings. The Morgan fingerprint density at radius 3 is 2.47 bits per heavy atom. The quantitative estimate of drug-likeness (QED) is 0.736. The normalized spacial score (nSPS) is 15.2. The zero-order chi connectivity index (χ0) is 22.5. The summed E-state index contributed by atoms with van der Waals surface area (Å²) < 4.78 is 21.9. The summed E-state index contributed by atoms with van der Waals surface area (Å²) in [4.78, 5) is 26.7. The maximum absolute atomic E-state index is 12.4. The van der Waals surface area contributed by atoms with Crippen molar-refractivity contribution in [2.45, 2.75) is 19.4 Å². The number of amides is 3. The van der Waals surface area contributed by atoms with Crippen molar-refractivity contribution in [1.29, 1.82) is 0 Å². The van der Waals surface area contributed by atoms with Crippen LogP contribution in [0.3, 0.4) is 0 Å². The number of nitrogens with zero attached hydrogens (tertiary/aromatic N) is 1. The molecule has 4 rings (SSSR count). The Balaban J connectivity index is 1.31. The van der Waals surface area contributed by atoms with Gasteiger partial charge in [0.05, 0.1) is 34.0 Å². The second-order valence-corrected chi connectivity index (χ2v) is 7.65. The van der Waals surface area contributed by atoms with Gasteiger partial charge in [-0.25, -0.2) is 4.79 Å². The lowest BCUT2D eigenvalue weighted by molar-refractivity contribution is -0.121. The van der Waals surface area contributed by atoms with Gasteiger partial charge in [0, 0.05) is 31.3 Å². The number of benzene rings is 2. The van der Waals surface area contributed by atoms with E-state index >= 15 is 0 Å². The van der Waals surface area contributed by atoms with E-state index in [0.717, 1.165) is 18.4 Å². The van der Waals surface area contributed by atoms with E-state index < -0.39 is 6.03 Å². The van der Waals surface area contributed by atoms with Crippen LogP contribution in [0, 0.1) is 0 Å². The molecule has 0 saturated carbocycles. The Morgan fingerprint density at radius 1 is 1.00 bits per heavy atom. The van der Waals surface area contributed by atoms with E-state index in [9.17, 15) is 9.59 Å². The van der Waals surface area contributed by atoms with Crippen LogP contribution in [-0.2, 0) is 17.8 Å². The standard InChI is InChI=1S/C23H27N3O6/c1-29-19-10-15-6-7-26(13-16(15)11-20(19)30-2)14-22(27)25-23(28)24-17-4-5-18-21(12-17)32-9-3-8-31-18/h4-5,10-12H,3,6-9,13-14H2,1-2H3,(H2,24,25,27,28). The summed E-state index contributed by atoms with van der Waals surface area (Å²) in [5.41, 5.74) is 2.78. The van der Waals surface area contributed by atoms with Crippen LogP contribution in [-0.4, -0.2) is 57.4 Å². The smallest absolute Gasteiger partial charge is 0.325 e. The van der Waals surface area contributed by atoms with Crippen LogP contribution in [0.15, 0.2) is 30.3 Å². The number of anilines is 1. The van der Waals surface area contributed by atoms with Gasteiger partial charge in [-0.3, -0.25) is 15.0 Å². The molecule has 32 heavy (non-hydrogen) atoms. The molecule has 0 fully saturated rings. The lowest BCUT2D eigenvalue weighted by Gasteiger charge is -2.28. The lowest BCUT2D eigenvalue weighted by atomic mass is 9.99. The van der Waals surface area contributed by atoms with Crippen LogP contribution in [0.1, 0.15) is 17.5 Å². The molecule has 0 radical (unpaired) electrons. The van der Waals surface area contributed by atoms with Gasteiger partial charge in [0.25, 0.3) is 0 Å². The summed E-state index contributed by atoms with van der Waals surface area (Å²) in [6.45, 7) is 2.56. The fraction of sp³-hybridized carbons (Fsp3) is 0.391. The van der Waals surface area contributed by atoms with Crippen molar-refractivity contribution in [2.75, 3.05) is 45.8 Å². The van der Waals surface area contributed by atoms with Gasteiger partial charge in [-0.2, -0.15) is 0 Å². The van der Waals surface area contributed by atoms with Crippen LogP contribution in [0.25, 0.3) is 0 Å². The number of imide groups is 1. The third-order valence-corrected chi connectivity index (χ3v) is 5.42. The van der Waals surface area contributed by atoms with Crippen molar-refractivity contribution in [3.63, 3.8) is 0 Å². The molecule has 0 aliphatic carbocycles. The zero-order valence-electron chi connectivity index (χ0n) is 18.2. The number of nitrogens with one attached hydrogen (secondary N) is 2. The molecule has 3 amide bonds. The SMILES string of the molecule is COc1cc2c(cc1OC)CN(CC(=O)NC(=O)Nc1ccc3c(c1)OCCCO3)CC2. The minimum Gasteiger partial charge on any atom is -0.493 e. The van der Waals surface area contributed by atoms with Crippen molar-refractivity contribution in [3.8, 4) is 23.0 Å². The van der Waals surface area contributed by atoms with Crippen LogP contribution in [0.5, 0.6) is 23.0 Å². The van der Waals surface area contributed by atoms with E-state index in [1.54, 1.807) is 32.4 Å². The minimum absolute atomic E-state index is 0.113. The first-order chi connectivity index (χ1) is 15.6. The third kappa shape index (κ3) is 5.05. The number of hydrogen-bond donors (Lipinski definition) is 2. The molecule has 2 N–H and O–H groups in total. The maximum atomic E-state index is 12.4. The third-order valence-electron chi connectivity index (χ3n) is 5.42. The molecule has 0 bridgehead atoms. The van der Waals surface area contributed by atoms with Crippen molar-refractivity contribution >= 4 is 17.6 Å². The van der Waals surface area contributed by atoms with Crippen molar-refractivity contribution < 1.29 is 28.5 Å². The van der Waals surface area contributed by atoms with Crippen molar-refractivity contribution in [1.82, 2.24) is 10.2 Å². The molecule has 2 heterocycles. The van der Waals surface area contributed by atoms with Crippen molar-refractivity contribution in [3.05, 3.63) is 41.5 Å². The number of urea groups is 1. The first kappa shape index (κ1) is 21.8. The molecule has 0 aromatic heterocycles. The van der Waals surface area contributed by atoms with E-state index in [1.807, 2.05) is 17.0 Å². The topological polar surface area (TPSA) is 98.4 Å². The van der Waals surface area contributed by atoms with E-state index in [1.165, 1.54) is 5.56 Å². The number of methoxy groups -OCH3 is 2. The van der Waals surface area contributed by atoms with Gasteiger partial charge in [-0.1, -0.05) is 0 Å². The van der Waals surface area contributed by atoms with Gasteiger partial charge >= 0.3 is 6.03 Å². The Hall–Kier alpha value is -3.46. The van der Waals surface area contributed by atoms with Crippen LogP contribution in [0.2, 0.25) is 0 Å². The first-order valence-electron chi connectivity index (χ1n) is 10.5. The van der Waals surface area contributed by atoms with Gasteiger partial charge in [-0.15, -0.1) is 0 Å². The van der Waals surface area contributed by atoms with Crippen LogP contribution in [0.4, 0.5) is 10.5 Å². The highest BCUT2D eigenvalue weighted by Crippen LogP contribution is 2.33. The fourth-order valence-corrected chi connectivity index (χ4v) is 3.85. The molecule has 9 heteroatoms. The second kappa shape index (κ2) is 9.78. The number of hydrogen-bond acceptors (Lipinski definition) is 7. The van der Waals surface area contributed by atoms with Crippen molar-refractivity contribution in [2.24, 2.45) is 0 Å². The van der Waals surface area contributed by atoms with Gasteiger partial charge in [0.1, 0.15) is 0 Å². The molecule has 2 aromatic rings. The average molecular weight is 441 g/mol. The highest BCUT2D eigenvalue weighted by Gasteiger charge is 2.22. The highest BCUT2D eigenvalue weighted by molar-refractivity contribution is 6.01. The molecule has 9 nitrogen and oxygen atoms in total. The van der Waals surface area contributed by atoms with E-state index in [2.05, 4.69) is 10.6 Å². The lowest BCUT2D eigenvalue weighted by Crippen LogP contribution is -2.43. The summed E-state index contributed by atoms with van der Waals surface area (Å²) >= 11 is 0. The molecule has 0 saturated heterocycles. The first-order valence-corrected chi connectivity index (χ1v) is 10.5. The van der Waals surface area contributed by atoms with Crippen LogP contribution >= 0.6 is 0 Å². The van der Waals surface area contributed by atoms with Crippen LogP contribution < -0.4 is 29.6 Å². The van der Waals surface area contributed by atoms with Gasteiger partial charge in [0.15, 0.2) is 23.0 Å². The molecule has 0 unspecified atom stereocenters. The van der Waals surface area contributed by atoms with E-state index in [-0.39, 0.29) is 12.5 Å². The molecule has 170 valence electrons. The summed E-state index contributed by atoms with van der Waals surface area (Å²) in [5.74, 6) is 2.20. The second-order valence-electron chi connectivity index (χ2n) is 7.65. The Kier molecular flexibility index (Phi) is 6.65. The number of carbonyl (C=O) groups excluding carboxylic acids is 2.